The monoisotopic (exact) mass is 704 g/mol. The van der Waals surface area contributed by atoms with Gasteiger partial charge in [-0.05, 0) is 99.1 Å². The summed E-state index contributed by atoms with van der Waals surface area (Å²) >= 11 is 0. The normalized spacial score (nSPS) is 11.6. The van der Waals surface area contributed by atoms with Gasteiger partial charge in [0.2, 0.25) is 0 Å². The molecule has 55 heavy (non-hydrogen) atoms. The molecule has 258 valence electrons. The van der Waals surface area contributed by atoms with Crippen LogP contribution in [0.2, 0.25) is 0 Å². The quantitative estimate of drug-likeness (QED) is 0.162. The fourth-order valence-corrected chi connectivity index (χ4v) is 8.05. The van der Waals surface area contributed by atoms with Gasteiger partial charge in [0.25, 0.3) is 0 Å². The minimum atomic E-state index is 0.852. The number of hydrogen-bond acceptors (Lipinski definition) is 4. The molecule has 11 rings (SSSR count). The first-order valence-corrected chi connectivity index (χ1v) is 18.5. The molecule has 0 fully saturated rings. The Morgan fingerprint density at radius 2 is 1.05 bits per heavy atom. The molecule has 5 heteroatoms. The topological polar surface area (TPSA) is 47.1 Å². The van der Waals surface area contributed by atoms with E-state index in [0.29, 0.717) is 0 Å². The van der Waals surface area contributed by atoms with Crippen molar-refractivity contribution in [3.63, 3.8) is 0 Å². The Balaban J connectivity index is 1.10. The molecule has 0 unspecified atom stereocenters. The third-order valence-corrected chi connectivity index (χ3v) is 10.6. The van der Waals surface area contributed by atoms with Crippen molar-refractivity contribution in [1.82, 2.24) is 15.0 Å². The summed E-state index contributed by atoms with van der Waals surface area (Å²) in [5.41, 5.74) is 12.2. The fourth-order valence-electron chi connectivity index (χ4n) is 8.05. The van der Waals surface area contributed by atoms with Gasteiger partial charge in [0.15, 0.2) is 0 Å². The molecule has 5 nitrogen and oxygen atoms in total. The van der Waals surface area contributed by atoms with Crippen molar-refractivity contribution in [3.8, 4) is 27.9 Å². The predicted octanol–water partition coefficient (Wildman–Crippen LogP) is 13.4. The van der Waals surface area contributed by atoms with Crippen LogP contribution in [0.1, 0.15) is 0 Å². The van der Waals surface area contributed by atoms with Gasteiger partial charge in [-0.25, -0.2) is 0 Å². The number of anilines is 3. The molecule has 0 aliphatic carbocycles. The van der Waals surface area contributed by atoms with E-state index in [4.69, 9.17) is 14.6 Å². The van der Waals surface area contributed by atoms with Crippen molar-refractivity contribution >= 4 is 71.6 Å². The number of para-hydroxylation sites is 2. The number of furan rings is 1. The molecule has 0 saturated carbocycles. The highest BCUT2D eigenvalue weighted by atomic mass is 16.3. The first kappa shape index (κ1) is 31.1. The summed E-state index contributed by atoms with van der Waals surface area (Å²) in [5, 5.41) is 16.6. The molecule has 0 atom stereocenters. The lowest BCUT2D eigenvalue weighted by molar-refractivity contribution is 0.669. The molecule has 0 aliphatic rings. The fraction of sp³-hybridized carbons (Fsp3) is 0. The van der Waals surface area contributed by atoms with Gasteiger partial charge in [-0.3, -0.25) is 0 Å². The number of fused-ring (bicyclic) bond motifs is 8. The maximum Gasteiger partial charge on any atom is 0.137 e. The average Bonchev–Trinajstić information content (AvgIpc) is 3.86. The zero-order chi connectivity index (χ0) is 36.3. The molecule has 2 heterocycles. The lowest BCUT2D eigenvalue weighted by Gasteiger charge is -2.26. The Morgan fingerprint density at radius 1 is 0.418 bits per heavy atom. The van der Waals surface area contributed by atoms with Gasteiger partial charge in [0.05, 0.1) is 5.69 Å². The van der Waals surface area contributed by atoms with Crippen molar-refractivity contribution in [2.24, 2.45) is 0 Å². The van der Waals surface area contributed by atoms with Gasteiger partial charge < -0.3 is 9.32 Å². The van der Waals surface area contributed by atoms with Gasteiger partial charge in [0, 0.05) is 39.3 Å². The van der Waals surface area contributed by atoms with E-state index in [1.54, 1.807) is 4.80 Å². The Hall–Kier alpha value is -7.50. The van der Waals surface area contributed by atoms with Crippen LogP contribution in [0.25, 0.3) is 82.5 Å². The van der Waals surface area contributed by atoms with E-state index >= 15 is 0 Å². The average molecular weight is 705 g/mol. The molecule has 0 bridgehead atoms. The molecule has 0 N–H and O–H groups in total. The number of nitrogens with zero attached hydrogens (tertiary/aromatic N) is 4. The van der Waals surface area contributed by atoms with E-state index in [-0.39, 0.29) is 0 Å². The molecule has 0 amide bonds. The summed E-state index contributed by atoms with van der Waals surface area (Å²) in [6.07, 6.45) is 0. The number of benzene rings is 9. The Kier molecular flexibility index (Phi) is 7.10. The second-order valence-electron chi connectivity index (χ2n) is 13.9. The second-order valence-corrected chi connectivity index (χ2v) is 13.9. The standard InChI is InChI=1S/C50H32N4O/c1-3-12-33(13-4-1)41-18-7-8-19-42(41)35-14-11-17-38(30-35)53(40-26-28-45-44-20-9-10-21-47(44)55-48(45)32-40)39-25-27-43-36(31-39)23-22-34-24-29-46-50(49(34)43)52-54(51-46)37-15-5-2-6-16-37/h1-32H. The number of aromatic nitrogens is 3. The van der Waals surface area contributed by atoms with Gasteiger partial charge >= 0.3 is 0 Å². The number of hydrogen-bond donors (Lipinski definition) is 0. The largest absolute Gasteiger partial charge is 0.456 e. The van der Waals surface area contributed by atoms with Crippen LogP contribution in [-0.4, -0.2) is 15.0 Å². The van der Waals surface area contributed by atoms with E-state index < -0.39 is 0 Å². The molecule has 0 spiro atoms. The van der Waals surface area contributed by atoms with E-state index in [1.165, 1.54) is 16.7 Å². The molecule has 0 saturated heterocycles. The van der Waals surface area contributed by atoms with E-state index in [1.807, 2.05) is 42.5 Å². The Morgan fingerprint density at radius 3 is 1.91 bits per heavy atom. The van der Waals surface area contributed by atoms with Crippen molar-refractivity contribution in [1.29, 1.82) is 0 Å². The van der Waals surface area contributed by atoms with Crippen LogP contribution < -0.4 is 4.90 Å². The van der Waals surface area contributed by atoms with E-state index in [0.717, 1.165) is 82.8 Å². The van der Waals surface area contributed by atoms with Crippen LogP contribution in [-0.2, 0) is 0 Å². The van der Waals surface area contributed by atoms with Crippen LogP contribution in [0.4, 0.5) is 17.1 Å². The maximum atomic E-state index is 6.42. The summed E-state index contributed by atoms with van der Waals surface area (Å²) in [4.78, 5) is 4.06. The van der Waals surface area contributed by atoms with Crippen LogP contribution in [0.15, 0.2) is 199 Å². The van der Waals surface area contributed by atoms with Gasteiger partial charge in [-0.15, -0.1) is 10.2 Å². The highest BCUT2D eigenvalue weighted by Crippen LogP contribution is 2.42. The summed E-state index contributed by atoms with van der Waals surface area (Å²) < 4.78 is 6.42. The van der Waals surface area contributed by atoms with E-state index in [9.17, 15) is 0 Å². The summed E-state index contributed by atoms with van der Waals surface area (Å²) in [7, 11) is 0. The molecule has 11 aromatic rings. The first-order chi connectivity index (χ1) is 27.2. The minimum Gasteiger partial charge on any atom is -0.456 e. The predicted molar refractivity (Wildman–Crippen MR) is 227 cm³/mol. The maximum absolute atomic E-state index is 6.42. The lowest BCUT2D eigenvalue weighted by Crippen LogP contribution is -2.10. The van der Waals surface area contributed by atoms with Gasteiger partial charge in [-0.1, -0.05) is 127 Å². The minimum absolute atomic E-state index is 0.852. The molecule has 0 aliphatic heterocycles. The van der Waals surface area contributed by atoms with E-state index in [2.05, 4.69) is 157 Å². The van der Waals surface area contributed by atoms with Crippen molar-refractivity contribution < 1.29 is 4.42 Å². The molecule has 2 aromatic heterocycles. The third kappa shape index (κ3) is 5.24. The van der Waals surface area contributed by atoms with Gasteiger partial charge in [-0.2, -0.15) is 4.80 Å². The number of rotatable bonds is 6. The summed E-state index contributed by atoms with van der Waals surface area (Å²) in [6, 6.07) is 68.2. The Labute approximate surface area is 316 Å². The zero-order valence-electron chi connectivity index (χ0n) is 29.7. The van der Waals surface area contributed by atoms with Crippen molar-refractivity contribution in [2.45, 2.75) is 0 Å². The third-order valence-electron chi connectivity index (χ3n) is 10.6. The van der Waals surface area contributed by atoms with Crippen LogP contribution in [0.3, 0.4) is 0 Å². The summed E-state index contributed by atoms with van der Waals surface area (Å²) in [6.45, 7) is 0. The molecular formula is C50H32N4O. The van der Waals surface area contributed by atoms with Crippen LogP contribution >= 0.6 is 0 Å². The SMILES string of the molecule is c1ccc(-c2ccccc2-c2cccc(N(c3ccc4c(ccc5ccc6nn(-c7ccccc7)nc6c54)c3)c3ccc4c(c3)oc3ccccc34)c2)cc1. The first-order valence-electron chi connectivity index (χ1n) is 18.5. The Bertz CT molecular complexity index is 3220. The van der Waals surface area contributed by atoms with Crippen LogP contribution in [0, 0.1) is 0 Å². The van der Waals surface area contributed by atoms with Crippen molar-refractivity contribution in [3.05, 3.63) is 194 Å². The molecule has 9 aromatic carbocycles. The summed E-state index contributed by atoms with van der Waals surface area (Å²) in [5.74, 6) is 0. The zero-order valence-corrected chi connectivity index (χ0v) is 29.7. The van der Waals surface area contributed by atoms with Gasteiger partial charge in [0.1, 0.15) is 22.2 Å². The van der Waals surface area contributed by atoms with Crippen molar-refractivity contribution in [2.75, 3.05) is 4.90 Å². The smallest absolute Gasteiger partial charge is 0.137 e. The lowest BCUT2D eigenvalue weighted by atomic mass is 9.94. The highest BCUT2D eigenvalue weighted by molar-refractivity contribution is 6.19. The van der Waals surface area contributed by atoms with Crippen LogP contribution in [0.5, 0.6) is 0 Å². The molecular weight excluding hydrogens is 673 g/mol. The highest BCUT2D eigenvalue weighted by Gasteiger charge is 2.19. The molecule has 0 radical (unpaired) electrons. The second kappa shape index (κ2) is 12.6.